The number of hydrogen-bond acceptors (Lipinski definition) is 6. The predicted molar refractivity (Wildman–Crippen MR) is 115 cm³/mol. The number of methoxy groups -OCH3 is 1. The number of ketones is 1. The van der Waals surface area contributed by atoms with E-state index in [1.807, 2.05) is 13.0 Å². The molecule has 0 saturated carbocycles. The summed E-state index contributed by atoms with van der Waals surface area (Å²) < 4.78 is 58.6. The van der Waals surface area contributed by atoms with Crippen LogP contribution in [0.15, 0.2) is 53.1 Å². The van der Waals surface area contributed by atoms with E-state index >= 15 is 0 Å². The summed E-state index contributed by atoms with van der Waals surface area (Å²) in [5, 5.41) is 0. The van der Waals surface area contributed by atoms with Crippen molar-refractivity contribution in [3.05, 3.63) is 60.0 Å². The fourth-order valence-corrected chi connectivity index (χ4v) is 3.05. The molecule has 0 aliphatic carbocycles. The van der Waals surface area contributed by atoms with Crippen molar-refractivity contribution in [3.8, 4) is 28.7 Å². The molecule has 0 aliphatic rings. The predicted octanol–water partition coefficient (Wildman–Crippen LogP) is 5.90. The van der Waals surface area contributed by atoms with Gasteiger partial charge in [0.1, 0.15) is 12.0 Å². The van der Waals surface area contributed by atoms with Gasteiger partial charge in [-0.2, -0.15) is 13.2 Å². The van der Waals surface area contributed by atoms with Crippen LogP contribution in [-0.2, 0) is 6.42 Å². The molecule has 0 fully saturated rings. The number of aromatic nitrogens is 1. The average Bonchev–Trinajstić information content (AvgIpc) is 3.28. The van der Waals surface area contributed by atoms with E-state index < -0.39 is 12.8 Å². The number of rotatable bonds is 11. The van der Waals surface area contributed by atoms with Crippen molar-refractivity contribution >= 4 is 5.78 Å². The van der Waals surface area contributed by atoms with Gasteiger partial charge < -0.3 is 18.6 Å². The molecule has 3 aromatic rings. The number of carbonyl (C=O) groups is 1. The van der Waals surface area contributed by atoms with Gasteiger partial charge in [0.15, 0.2) is 23.9 Å². The van der Waals surface area contributed by atoms with Crippen molar-refractivity contribution in [2.24, 2.45) is 0 Å². The molecule has 0 saturated heterocycles. The zero-order valence-electron chi connectivity index (χ0n) is 18.3. The lowest BCUT2D eigenvalue weighted by Gasteiger charge is -2.13. The summed E-state index contributed by atoms with van der Waals surface area (Å²) in [6, 6.07) is 11.5. The molecular formula is C24H24F3NO5. The minimum atomic E-state index is -4.48. The van der Waals surface area contributed by atoms with E-state index in [1.165, 1.54) is 25.5 Å². The third-order valence-electron chi connectivity index (χ3n) is 4.61. The van der Waals surface area contributed by atoms with E-state index in [0.717, 1.165) is 6.42 Å². The summed E-state index contributed by atoms with van der Waals surface area (Å²) in [5.41, 5.74) is 1.47. The zero-order chi connectivity index (χ0) is 23.8. The highest BCUT2D eigenvalue weighted by atomic mass is 19.4. The number of para-hydroxylation sites is 1. The lowest BCUT2D eigenvalue weighted by molar-refractivity contribution is -0.153. The molecule has 1 heterocycles. The molecule has 3 rings (SSSR count). The van der Waals surface area contributed by atoms with Gasteiger partial charge in [-0.3, -0.25) is 4.79 Å². The molecule has 6 nitrogen and oxygen atoms in total. The van der Waals surface area contributed by atoms with Crippen LogP contribution in [0.5, 0.6) is 17.2 Å². The van der Waals surface area contributed by atoms with E-state index in [1.54, 1.807) is 24.3 Å². The van der Waals surface area contributed by atoms with Crippen LogP contribution in [-0.4, -0.2) is 37.3 Å². The Morgan fingerprint density at radius 1 is 1.06 bits per heavy atom. The van der Waals surface area contributed by atoms with E-state index in [0.29, 0.717) is 35.6 Å². The molecule has 0 amide bonds. The van der Waals surface area contributed by atoms with Crippen LogP contribution in [0, 0.1) is 0 Å². The lowest BCUT2D eigenvalue weighted by Crippen LogP contribution is -2.19. The van der Waals surface area contributed by atoms with E-state index in [2.05, 4.69) is 4.98 Å². The van der Waals surface area contributed by atoms with Crippen LogP contribution in [0.4, 0.5) is 13.2 Å². The highest BCUT2D eigenvalue weighted by molar-refractivity contribution is 5.98. The largest absolute Gasteiger partial charge is 0.493 e. The zero-order valence-corrected chi connectivity index (χ0v) is 18.3. The smallest absolute Gasteiger partial charge is 0.422 e. The molecule has 176 valence electrons. The SMILES string of the molecule is CCCOc1ccccc1C(=O)CCc1coc(-c2ccc(OC)c(OCC(F)(F)F)c2)n1. The van der Waals surface area contributed by atoms with Crippen LogP contribution in [0.1, 0.15) is 35.8 Å². The first kappa shape index (κ1) is 24.2. The number of benzene rings is 2. The molecule has 0 bridgehead atoms. The maximum Gasteiger partial charge on any atom is 0.422 e. The van der Waals surface area contributed by atoms with Crippen LogP contribution in [0.3, 0.4) is 0 Å². The number of nitrogens with zero attached hydrogens (tertiary/aromatic N) is 1. The Morgan fingerprint density at radius 3 is 2.58 bits per heavy atom. The third-order valence-corrected chi connectivity index (χ3v) is 4.61. The Kier molecular flexibility index (Phi) is 7.97. The molecule has 2 aromatic carbocycles. The maximum absolute atomic E-state index is 12.7. The number of ether oxygens (including phenoxy) is 3. The van der Waals surface area contributed by atoms with Crippen LogP contribution in [0.25, 0.3) is 11.5 Å². The number of alkyl halides is 3. The van der Waals surface area contributed by atoms with E-state index in [9.17, 15) is 18.0 Å². The topological polar surface area (TPSA) is 70.8 Å². The van der Waals surface area contributed by atoms with Crippen molar-refractivity contribution in [1.29, 1.82) is 0 Å². The number of hydrogen-bond donors (Lipinski definition) is 0. The first-order valence-electron chi connectivity index (χ1n) is 10.4. The monoisotopic (exact) mass is 463 g/mol. The average molecular weight is 463 g/mol. The number of aryl methyl sites for hydroxylation is 1. The summed E-state index contributed by atoms with van der Waals surface area (Å²) in [7, 11) is 1.33. The van der Waals surface area contributed by atoms with Crippen molar-refractivity contribution in [1.82, 2.24) is 4.98 Å². The molecule has 0 spiro atoms. The molecule has 1 aromatic heterocycles. The molecule has 9 heteroatoms. The minimum Gasteiger partial charge on any atom is -0.493 e. The van der Waals surface area contributed by atoms with Crippen molar-refractivity contribution in [2.75, 3.05) is 20.3 Å². The van der Waals surface area contributed by atoms with Gasteiger partial charge in [0.05, 0.1) is 25.0 Å². The second-order valence-electron chi connectivity index (χ2n) is 7.18. The fourth-order valence-electron chi connectivity index (χ4n) is 3.05. The highest BCUT2D eigenvalue weighted by Gasteiger charge is 2.29. The third kappa shape index (κ3) is 6.74. The number of Topliss-reactive ketones (excluding diaryl/α,β-unsaturated/α-hetero) is 1. The van der Waals surface area contributed by atoms with Gasteiger partial charge in [-0.15, -0.1) is 0 Å². The van der Waals surface area contributed by atoms with Gasteiger partial charge in [-0.05, 0) is 36.8 Å². The first-order chi connectivity index (χ1) is 15.8. The van der Waals surface area contributed by atoms with Gasteiger partial charge in [0, 0.05) is 18.4 Å². The van der Waals surface area contributed by atoms with Gasteiger partial charge in [0.2, 0.25) is 5.89 Å². The van der Waals surface area contributed by atoms with Crippen molar-refractivity contribution in [2.45, 2.75) is 32.4 Å². The molecular weight excluding hydrogens is 439 g/mol. The standard InChI is InChI=1S/C24H24F3NO5/c1-3-12-31-20-7-5-4-6-18(20)19(29)10-9-17-14-32-23(28-17)16-8-11-21(30-2)22(13-16)33-15-24(25,26)27/h4-8,11,13-14H,3,9-10,12,15H2,1-2H3. The quantitative estimate of drug-likeness (QED) is 0.330. The Labute approximate surface area is 189 Å². The number of oxazole rings is 1. The molecule has 0 unspecified atom stereocenters. The molecule has 0 radical (unpaired) electrons. The summed E-state index contributed by atoms with van der Waals surface area (Å²) in [5.74, 6) is 0.743. The minimum absolute atomic E-state index is 0.0778. The van der Waals surface area contributed by atoms with Crippen molar-refractivity contribution in [3.63, 3.8) is 0 Å². The Hall–Kier alpha value is -3.49. The van der Waals surface area contributed by atoms with Crippen LogP contribution < -0.4 is 14.2 Å². The Bertz CT molecular complexity index is 1080. The molecule has 33 heavy (non-hydrogen) atoms. The van der Waals surface area contributed by atoms with E-state index in [-0.39, 0.29) is 29.6 Å². The van der Waals surface area contributed by atoms with Gasteiger partial charge in [-0.25, -0.2) is 4.98 Å². The highest BCUT2D eigenvalue weighted by Crippen LogP contribution is 2.33. The summed E-state index contributed by atoms with van der Waals surface area (Å²) in [6.45, 7) is 1.06. The molecule has 0 N–H and O–H groups in total. The maximum atomic E-state index is 12.7. The Balaban J connectivity index is 1.68. The second-order valence-corrected chi connectivity index (χ2v) is 7.18. The van der Waals surface area contributed by atoms with Gasteiger partial charge in [0.25, 0.3) is 0 Å². The normalized spacial score (nSPS) is 11.3. The summed E-state index contributed by atoms with van der Waals surface area (Å²) in [4.78, 5) is 17.0. The summed E-state index contributed by atoms with van der Waals surface area (Å²) in [6.07, 6.45) is -1.70. The van der Waals surface area contributed by atoms with E-state index in [4.69, 9.17) is 18.6 Å². The molecule has 0 aliphatic heterocycles. The van der Waals surface area contributed by atoms with Crippen LogP contribution in [0.2, 0.25) is 0 Å². The van der Waals surface area contributed by atoms with Gasteiger partial charge >= 0.3 is 6.18 Å². The lowest BCUT2D eigenvalue weighted by atomic mass is 10.0. The number of carbonyl (C=O) groups excluding carboxylic acids is 1. The molecule has 0 atom stereocenters. The fraction of sp³-hybridized carbons (Fsp3) is 0.333. The van der Waals surface area contributed by atoms with Gasteiger partial charge in [-0.1, -0.05) is 19.1 Å². The Morgan fingerprint density at radius 2 is 1.85 bits per heavy atom. The van der Waals surface area contributed by atoms with Crippen LogP contribution >= 0.6 is 0 Å². The number of halogens is 3. The van der Waals surface area contributed by atoms with Crippen molar-refractivity contribution < 1.29 is 36.6 Å². The first-order valence-corrected chi connectivity index (χ1v) is 10.4. The second kappa shape index (κ2) is 10.9. The summed E-state index contributed by atoms with van der Waals surface area (Å²) >= 11 is 0.